The number of hydrogen-bond acceptors (Lipinski definition) is 3. The largest absolute Gasteiger partial charge is 0.345 e. The van der Waals surface area contributed by atoms with E-state index < -0.39 is 0 Å². The zero-order valence-corrected chi connectivity index (χ0v) is 32.9. The normalized spacial score (nSPS) is 14.5. The van der Waals surface area contributed by atoms with Crippen LogP contribution in [-0.2, 0) is 10.8 Å². The molecule has 0 radical (unpaired) electrons. The molecule has 10 rings (SSSR count). The predicted octanol–water partition coefficient (Wildman–Crippen LogP) is 14.5. The molecule has 0 saturated heterocycles. The SMILES string of the molecule is Cc1ccc(N(c2ccc3c(c2)C(C)(C)c2cc(C)ccc2-3)c2ccc3c(c2)C(C)(C)c2cc(N(C)c4ccc5sc6ccccc6c5c4)ccc2-3)cc1. The van der Waals surface area contributed by atoms with Gasteiger partial charge in [0.05, 0.1) is 0 Å². The van der Waals surface area contributed by atoms with Crippen molar-refractivity contribution < 1.29 is 0 Å². The van der Waals surface area contributed by atoms with Crippen LogP contribution in [0.2, 0.25) is 0 Å². The van der Waals surface area contributed by atoms with E-state index in [1.165, 1.54) is 98.6 Å². The van der Waals surface area contributed by atoms with E-state index >= 15 is 0 Å². The second-order valence-electron chi connectivity index (χ2n) is 16.5. The molecular formula is C51H44N2S. The van der Waals surface area contributed by atoms with Crippen LogP contribution in [0.3, 0.4) is 0 Å². The lowest BCUT2D eigenvalue weighted by Crippen LogP contribution is -2.18. The van der Waals surface area contributed by atoms with Crippen molar-refractivity contribution in [2.45, 2.75) is 52.4 Å². The first-order valence-electron chi connectivity index (χ1n) is 19.1. The summed E-state index contributed by atoms with van der Waals surface area (Å²) >= 11 is 1.87. The van der Waals surface area contributed by atoms with Crippen LogP contribution in [0.25, 0.3) is 42.4 Å². The average molecular weight is 717 g/mol. The Balaban J connectivity index is 1.04. The van der Waals surface area contributed by atoms with E-state index in [0.717, 1.165) is 5.69 Å². The first kappa shape index (κ1) is 33.0. The molecular weight excluding hydrogens is 673 g/mol. The van der Waals surface area contributed by atoms with Crippen molar-refractivity contribution in [1.29, 1.82) is 0 Å². The summed E-state index contributed by atoms with van der Waals surface area (Å²) in [6.45, 7) is 13.9. The Morgan fingerprint density at radius 1 is 0.407 bits per heavy atom. The molecule has 0 N–H and O–H groups in total. The second-order valence-corrected chi connectivity index (χ2v) is 17.6. The van der Waals surface area contributed by atoms with Crippen LogP contribution in [0.5, 0.6) is 0 Å². The summed E-state index contributed by atoms with van der Waals surface area (Å²) in [5.41, 5.74) is 19.1. The minimum absolute atomic E-state index is 0.0820. The second kappa shape index (κ2) is 11.7. The number of fused-ring (bicyclic) bond motifs is 9. The minimum Gasteiger partial charge on any atom is -0.345 e. The van der Waals surface area contributed by atoms with Crippen LogP contribution in [0.1, 0.15) is 61.1 Å². The summed E-state index contributed by atoms with van der Waals surface area (Å²) in [6.07, 6.45) is 0. The first-order valence-corrected chi connectivity index (χ1v) is 19.9. The van der Waals surface area contributed by atoms with Gasteiger partial charge in [0.2, 0.25) is 0 Å². The van der Waals surface area contributed by atoms with Gasteiger partial charge in [0, 0.05) is 66.5 Å². The number of anilines is 5. The van der Waals surface area contributed by atoms with Crippen LogP contribution in [0.15, 0.2) is 140 Å². The molecule has 2 aliphatic rings. The maximum Gasteiger partial charge on any atom is 0.0465 e. The third-order valence-electron chi connectivity index (χ3n) is 12.4. The summed E-state index contributed by atoms with van der Waals surface area (Å²) in [5.74, 6) is 0. The molecule has 0 amide bonds. The number of nitrogens with zero attached hydrogens (tertiary/aromatic N) is 2. The van der Waals surface area contributed by atoms with Gasteiger partial charge in [-0.25, -0.2) is 0 Å². The number of rotatable bonds is 5. The van der Waals surface area contributed by atoms with Gasteiger partial charge < -0.3 is 9.80 Å². The molecule has 264 valence electrons. The van der Waals surface area contributed by atoms with Gasteiger partial charge >= 0.3 is 0 Å². The number of aryl methyl sites for hydroxylation is 2. The summed E-state index contributed by atoms with van der Waals surface area (Å²) in [5, 5.41) is 2.66. The lowest BCUT2D eigenvalue weighted by molar-refractivity contribution is 0.659. The highest BCUT2D eigenvalue weighted by Crippen LogP contribution is 2.54. The van der Waals surface area contributed by atoms with Crippen molar-refractivity contribution >= 4 is 59.9 Å². The molecule has 0 unspecified atom stereocenters. The molecule has 54 heavy (non-hydrogen) atoms. The van der Waals surface area contributed by atoms with Gasteiger partial charge in [0.15, 0.2) is 0 Å². The highest BCUT2D eigenvalue weighted by molar-refractivity contribution is 7.25. The molecule has 1 aromatic heterocycles. The number of hydrogen-bond donors (Lipinski definition) is 0. The van der Waals surface area contributed by atoms with Crippen LogP contribution in [-0.4, -0.2) is 7.05 Å². The monoisotopic (exact) mass is 716 g/mol. The van der Waals surface area contributed by atoms with Crippen molar-refractivity contribution in [2.75, 3.05) is 16.8 Å². The number of thiophene rings is 1. The third-order valence-corrected chi connectivity index (χ3v) is 13.6. The fourth-order valence-corrected chi connectivity index (χ4v) is 10.3. The van der Waals surface area contributed by atoms with E-state index in [1.54, 1.807) is 0 Å². The smallest absolute Gasteiger partial charge is 0.0465 e. The Labute approximate surface area is 323 Å². The Morgan fingerprint density at radius 2 is 0.852 bits per heavy atom. The third kappa shape index (κ3) is 4.84. The fourth-order valence-electron chi connectivity index (χ4n) is 9.25. The van der Waals surface area contributed by atoms with Crippen molar-refractivity contribution in [1.82, 2.24) is 0 Å². The van der Waals surface area contributed by atoms with E-state index in [-0.39, 0.29) is 10.8 Å². The summed E-state index contributed by atoms with van der Waals surface area (Å²) in [7, 11) is 2.20. The molecule has 8 aromatic rings. The van der Waals surface area contributed by atoms with Gasteiger partial charge in [0.25, 0.3) is 0 Å². The molecule has 0 saturated carbocycles. The van der Waals surface area contributed by atoms with E-state index in [9.17, 15) is 0 Å². The van der Waals surface area contributed by atoms with Crippen molar-refractivity contribution in [3.05, 3.63) is 173 Å². The summed E-state index contributed by atoms with van der Waals surface area (Å²) < 4.78 is 2.67. The highest BCUT2D eigenvalue weighted by Gasteiger charge is 2.38. The summed E-state index contributed by atoms with van der Waals surface area (Å²) in [6, 6.07) is 52.8. The van der Waals surface area contributed by atoms with Crippen LogP contribution in [0.4, 0.5) is 28.4 Å². The lowest BCUT2D eigenvalue weighted by atomic mass is 9.81. The van der Waals surface area contributed by atoms with E-state index in [2.05, 4.69) is 198 Å². The maximum atomic E-state index is 2.45. The standard InChI is InChI=1S/C51H44N2S/c1-31-12-15-33(16-13-31)53(36-18-23-40-38-21-14-32(2)26-44(38)50(3,4)46(40)29-36)37-19-24-41-39-22-17-35(28-45(39)51(5,6)47(41)30-37)52(7)34-20-25-49-43(27-34)42-10-8-9-11-48(42)54-49/h8-30H,1-7H3. The van der Waals surface area contributed by atoms with E-state index in [0.29, 0.717) is 0 Å². The lowest BCUT2D eigenvalue weighted by Gasteiger charge is -2.30. The van der Waals surface area contributed by atoms with Gasteiger partial charge in [-0.3, -0.25) is 0 Å². The minimum atomic E-state index is -0.177. The van der Waals surface area contributed by atoms with Gasteiger partial charge in [-0.2, -0.15) is 0 Å². The predicted molar refractivity (Wildman–Crippen MR) is 233 cm³/mol. The molecule has 2 aliphatic carbocycles. The van der Waals surface area contributed by atoms with Gasteiger partial charge in [-0.15, -0.1) is 11.3 Å². The van der Waals surface area contributed by atoms with Crippen LogP contribution in [0, 0.1) is 13.8 Å². The molecule has 3 heteroatoms. The van der Waals surface area contributed by atoms with Gasteiger partial charge in [0.1, 0.15) is 0 Å². The molecule has 2 nitrogen and oxygen atoms in total. The Hall–Kier alpha value is -5.64. The zero-order valence-electron chi connectivity index (χ0n) is 32.1. The van der Waals surface area contributed by atoms with Crippen LogP contribution >= 0.6 is 11.3 Å². The first-order chi connectivity index (χ1) is 26.0. The van der Waals surface area contributed by atoms with Gasteiger partial charge in [-0.1, -0.05) is 106 Å². The fraction of sp³-hybridized carbons (Fsp3) is 0.176. The Morgan fingerprint density at radius 3 is 1.48 bits per heavy atom. The Kier molecular flexibility index (Phi) is 7.13. The summed E-state index contributed by atoms with van der Waals surface area (Å²) in [4.78, 5) is 4.79. The topological polar surface area (TPSA) is 6.48 Å². The van der Waals surface area contributed by atoms with Gasteiger partial charge in [-0.05, 0) is 131 Å². The quantitative estimate of drug-likeness (QED) is 0.175. The molecule has 0 bridgehead atoms. The van der Waals surface area contributed by atoms with Crippen molar-refractivity contribution in [3.63, 3.8) is 0 Å². The molecule has 0 spiro atoms. The molecule has 0 atom stereocenters. The van der Waals surface area contributed by atoms with E-state index in [1.807, 2.05) is 11.3 Å². The zero-order chi connectivity index (χ0) is 37.1. The van der Waals surface area contributed by atoms with Crippen molar-refractivity contribution in [2.24, 2.45) is 0 Å². The van der Waals surface area contributed by atoms with Crippen LogP contribution < -0.4 is 9.80 Å². The molecule has 1 heterocycles. The number of benzene rings is 7. The maximum absolute atomic E-state index is 2.45. The van der Waals surface area contributed by atoms with Crippen molar-refractivity contribution in [3.8, 4) is 22.3 Å². The molecule has 0 aliphatic heterocycles. The van der Waals surface area contributed by atoms with E-state index in [4.69, 9.17) is 0 Å². The highest BCUT2D eigenvalue weighted by atomic mass is 32.1. The Bertz CT molecular complexity index is 2820. The average Bonchev–Trinajstić information content (AvgIpc) is 3.74. The molecule has 0 fully saturated rings. The molecule has 7 aromatic carbocycles.